The number of rotatable bonds is 7. The lowest BCUT2D eigenvalue weighted by Crippen LogP contribution is -2.39. The number of aromatic nitrogens is 1. The second-order valence-electron chi connectivity index (χ2n) is 7.89. The first-order valence-corrected chi connectivity index (χ1v) is 12.8. The van der Waals surface area contributed by atoms with Crippen LogP contribution in [0.2, 0.25) is 10.0 Å². The van der Waals surface area contributed by atoms with Gasteiger partial charge in [0.2, 0.25) is 0 Å². The number of carbonyl (C=O) groups is 1. The Balaban J connectivity index is 1.94. The molecule has 1 aliphatic heterocycles. The zero-order chi connectivity index (χ0) is 26.9. The number of nitro groups is 1. The van der Waals surface area contributed by atoms with Crippen LogP contribution in [0.4, 0.5) is 5.69 Å². The molecule has 1 atom stereocenters. The van der Waals surface area contributed by atoms with Crippen LogP contribution >= 0.6 is 34.5 Å². The predicted molar refractivity (Wildman–Crippen MR) is 141 cm³/mol. The number of esters is 1. The third-order valence-electron chi connectivity index (χ3n) is 5.57. The normalized spacial score (nSPS) is 15.3. The predicted octanol–water partition coefficient (Wildman–Crippen LogP) is 4.41. The van der Waals surface area contributed by atoms with E-state index in [9.17, 15) is 19.7 Å². The van der Waals surface area contributed by atoms with E-state index in [1.807, 2.05) is 6.92 Å². The lowest BCUT2D eigenvalue weighted by molar-refractivity contribution is -0.384. The van der Waals surface area contributed by atoms with Crippen LogP contribution in [0.5, 0.6) is 5.75 Å². The number of hydrogen-bond acceptors (Lipinski definition) is 8. The molecule has 2 heterocycles. The number of thiazole rings is 1. The zero-order valence-corrected chi connectivity index (χ0v) is 22.3. The van der Waals surface area contributed by atoms with E-state index in [0.717, 1.165) is 11.3 Å². The topological polar surface area (TPSA) is 113 Å². The van der Waals surface area contributed by atoms with Crippen LogP contribution in [0.15, 0.2) is 57.5 Å². The third kappa shape index (κ3) is 5.18. The molecule has 0 spiro atoms. The van der Waals surface area contributed by atoms with Gasteiger partial charge in [-0.05, 0) is 50.6 Å². The van der Waals surface area contributed by atoms with Gasteiger partial charge in [0.25, 0.3) is 11.2 Å². The van der Waals surface area contributed by atoms with E-state index >= 15 is 0 Å². The summed E-state index contributed by atoms with van der Waals surface area (Å²) >= 11 is 13.3. The Hall–Kier alpha value is -3.47. The Morgan fingerprint density at radius 1 is 1.19 bits per heavy atom. The number of hydrogen-bond donors (Lipinski definition) is 0. The number of nitrogens with zero attached hydrogens (tertiary/aromatic N) is 3. The molecule has 0 amide bonds. The molecule has 0 bridgehead atoms. The van der Waals surface area contributed by atoms with Crippen LogP contribution in [0.1, 0.15) is 37.9 Å². The number of ether oxygens (including phenoxy) is 2. The van der Waals surface area contributed by atoms with Crippen LogP contribution in [0.25, 0.3) is 6.08 Å². The second kappa shape index (κ2) is 10.9. The summed E-state index contributed by atoms with van der Waals surface area (Å²) < 4.78 is 12.5. The first kappa shape index (κ1) is 26.6. The van der Waals surface area contributed by atoms with Gasteiger partial charge in [-0.2, -0.15) is 0 Å². The van der Waals surface area contributed by atoms with Gasteiger partial charge in [0, 0.05) is 16.7 Å². The van der Waals surface area contributed by atoms with Crippen molar-refractivity contribution in [2.75, 3.05) is 13.2 Å². The fourth-order valence-corrected chi connectivity index (χ4v) is 5.51. The fraction of sp³-hybridized carbons (Fsp3) is 0.240. The molecule has 0 unspecified atom stereocenters. The van der Waals surface area contributed by atoms with E-state index in [2.05, 4.69) is 4.99 Å². The average molecular weight is 562 g/mol. The minimum Gasteiger partial charge on any atom is -0.494 e. The van der Waals surface area contributed by atoms with Gasteiger partial charge < -0.3 is 9.47 Å². The summed E-state index contributed by atoms with van der Waals surface area (Å²) in [7, 11) is 0. The maximum absolute atomic E-state index is 13.7. The van der Waals surface area contributed by atoms with Crippen molar-refractivity contribution < 1.29 is 19.2 Å². The first-order valence-electron chi connectivity index (χ1n) is 11.2. The van der Waals surface area contributed by atoms with Crippen molar-refractivity contribution in [3.8, 4) is 5.75 Å². The molecule has 192 valence electrons. The quantitative estimate of drug-likeness (QED) is 0.240. The number of benzene rings is 2. The third-order valence-corrected chi connectivity index (χ3v) is 7.19. The van der Waals surface area contributed by atoms with E-state index < -0.39 is 22.5 Å². The molecule has 37 heavy (non-hydrogen) atoms. The molecule has 4 rings (SSSR count). The summed E-state index contributed by atoms with van der Waals surface area (Å²) in [5.41, 5.74) is 0.800. The monoisotopic (exact) mass is 561 g/mol. The van der Waals surface area contributed by atoms with Crippen molar-refractivity contribution in [3.63, 3.8) is 0 Å². The van der Waals surface area contributed by atoms with Gasteiger partial charge in [-0.1, -0.05) is 46.7 Å². The summed E-state index contributed by atoms with van der Waals surface area (Å²) in [6.07, 6.45) is 1.45. The highest BCUT2D eigenvalue weighted by Crippen LogP contribution is 2.33. The van der Waals surface area contributed by atoms with Gasteiger partial charge in [-0.3, -0.25) is 19.5 Å². The van der Waals surface area contributed by atoms with Gasteiger partial charge >= 0.3 is 5.97 Å². The molecular weight excluding hydrogens is 541 g/mol. The minimum atomic E-state index is -0.803. The highest BCUT2D eigenvalue weighted by molar-refractivity contribution is 7.07. The minimum absolute atomic E-state index is 0.112. The van der Waals surface area contributed by atoms with Gasteiger partial charge in [-0.25, -0.2) is 9.79 Å². The van der Waals surface area contributed by atoms with Crippen molar-refractivity contribution in [2.24, 2.45) is 4.99 Å². The van der Waals surface area contributed by atoms with Crippen molar-refractivity contribution in [1.82, 2.24) is 4.57 Å². The second-order valence-corrected chi connectivity index (χ2v) is 9.71. The lowest BCUT2D eigenvalue weighted by atomic mass is 9.96. The smallest absolute Gasteiger partial charge is 0.338 e. The maximum Gasteiger partial charge on any atom is 0.338 e. The average Bonchev–Trinajstić information content (AvgIpc) is 3.15. The summed E-state index contributed by atoms with van der Waals surface area (Å²) in [6, 6.07) is 8.76. The molecule has 0 radical (unpaired) electrons. The van der Waals surface area contributed by atoms with E-state index in [0.29, 0.717) is 28.4 Å². The van der Waals surface area contributed by atoms with E-state index in [1.165, 1.54) is 22.8 Å². The Labute approximate surface area is 225 Å². The van der Waals surface area contributed by atoms with Crippen molar-refractivity contribution in [3.05, 3.63) is 98.6 Å². The van der Waals surface area contributed by atoms with Crippen LogP contribution in [-0.4, -0.2) is 28.7 Å². The maximum atomic E-state index is 13.7. The Morgan fingerprint density at radius 3 is 2.51 bits per heavy atom. The molecule has 0 N–H and O–H groups in total. The van der Waals surface area contributed by atoms with Gasteiger partial charge in [0.15, 0.2) is 4.80 Å². The molecule has 12 heteroatoms. The first-order chi connectivity index (χ1) is 17.7. The molecule has 3 aromatic rings. The molecule has 1 aromatic heterocycles. The Bertz CT molecular complexity index is 1610. The number of carbonyl (C=O) groups excluding carboxylic acids is 1. The SMILES string of the molecule is CCOC(=O)C1=C(C)N=c2s/c(=C/c3cc([N+](=O)[O-])c(Cl)cc3Cl)c(=O)n2[C@H]1c1ccc(OCC)cc1. The van der Waals surface area contributed by atoms with E-state index in [4.69, 9.17) is 32.7 Å². The van der Waals surface area contributed by atoms with E-state index in [1.54, 1.807) is 38.1 Å². The van der Waals surface area contributed by atoms with Gasteiger partial charge in [-0.15, -0.1) is 0 Å². The number of halogens is 2. The number of allylic oxidation sites excluding steroid dienone is 1. The number of fused-ring (bicyclic) bond motifs is 1. The Kier molecular flexibility index (Phi) is 7.82. The Morgan fingerprint density at radius 2 is 1.89 bits per heavy atom. The fourth-order valence-electron chi connectivity index (χ4n) is 3.97. The highest BCUT2D eigenvalue weighted by Gasteiger charge is 2.33. The lowest BCUT2D eigenvalue weighted by Gasteiger charge is -2.24. The zero-order valence-electron chi connectivity index (χ0n) is 20.0. The largest absolute Gasteiger partial charge is 0.494 e. The standard InChI is InChI=1S/C25H21Cl2N3O6S/c1-4-35-16-8-6-14(7-9-16)22-21(24(32)36-5-2)13(3)28-25-29(22)23(31)20(37-25)11-15-10-19(30(33)34)18(27)12-17(15)26/h6-12,22H,4-5H2,1-3H3/b20-11+/t22-/m0/s1. The van der Waals surface area contributed by atoms with Crippen LogP contribution < -0.4 is 19.6 Å². The van der Waals surface area contributed by atoms with E-state index in [-0.39, 0.29) is 38.0 Å². The highest BCUT2D eigenvalue weighted by atomic mass is 35.5. The van der Waals surface area contributed by atoms with Crippen LogP contribution in [-0.2, 0) is 9.53 Å². The summed E-state index contributed by atoms with van der Waals surface area (Å²) in [6.45, 7) is 5.91. The molecule has 0 aliphatic carbocycles. The molecule has 0 saturated carbocycles. The molecule has 0 fully saturated rings. The number of nitro benzene ring substituents is 1. The molecular formula is C25H21Cl2N3O6S. The molecule has 9 nitrogen and oxygen atoms in total. The van der Waals surface area contributed by atoms with Crippen LogP contribution in [0.3, 0.4) is 0 Å². The summed E-state index contributed by atoms with van der Waals surface area (Å²) in [5, 5.41) is 11.4. The summed E-state index contributed by atoms with van der Waals surface area (Å²) in [4.78, 5) is 42.3. The van der Waals surface area contributed by atoms with Crippen molar-refractivity contribution >= 4 is 52.3 Å². The molecule has 1 aliphatic rings. The van der Waals surface area contributed by atoms with Crippen molar-refractivity contribution in [2.45, 2.75) is 26.8 Å². The summed E-state index contributed by atoms with van der Waals surface area (Å²) in [5.74, 6) is 0.0734. The molecule has 2 aromatic carbocycles. The molecule has 0 saturated heterocycles. The van der Waals surface area contributed by atoms with Crippen molar-refractivity contribution in [1.29, 1.82) is 0 Å². The van der Waals surface area contributed by atoms with Crippen LogP contribution in [0, 0.1) is 10.1 Å². The van der Waals surface area contributed by atoms with Gasteiger partial charge in [0.1, 0.15) is 10.8 Å². The van der Waals surface area contributed by atoms with Gasteiger partial charge in [0.05, 0.1) is 40.0 Å².